The van der Waals surface area contributed by atoms with Gasteiger partial charge in [0.15, 0.2) is 0 Å². The number of fused-ring (bicyclic) bond motifs is 1. The van der Waals surface area contributed by atoms with Crippen LogP contribution in [0.4, 0.5) is 5.69 Å². The molecule has 3 rings (SSSR count). The van der Waals surface area contributed by atoms with Crippen molar-refractivity contribution in [3.63, 3.8) is 0 Å². The zero-order valence-corrected chi connectivity index (χ0v) is 18.8. The van der Waals surface area contributed by atoms with Crippen molar-refractivity contribution in [3.05, 3.63) is 65.7 Å². The maximum atomic E-state index is 13.3. The van der Waals surface area contributed by atoms with Crippen LogP contribution in [0, 0.1) is 5.92 Å². The zero-order valence-electron chi connectivity index (χ0n) is 18.0. The summed E-state index contributed by atoms with van der Waals surface area (Å²) in [6, 6.07) is 16.5. The van der Waals surface area contributed by atoms with Gasteiger partial charge in [0, 0.05) is 0 Å². The van der Waals surface area contributed by atoms with Crippen LogP contribution in [0.3, 0.4) is 0 Å². The molecule has 2 N–H and O–H groups in total. The number of carbonyl (C=O) groups excluding carboxylic acids is 2. The largest absolute Gasteiger partial charge is 0.481 e. The summed E-state index contributed by atoms with van der Waals surface area (Å²) in [5.74, 6) is -2.48. The number of para-hydroxylation sites is 1. The van der Waals surface area contributed by atoms with Crippen molar-refractivity contribution in [3.8, 4) is 0 Å². The average Bonchev–Trinajstić information content (AvgIpc) is 2.89. The smallest absolute Gasteiger partial charge is 0.324 e. The lowest BCUT2D eigenvalue weighted by atomic mass is 9.97. The second-order valence-corrected chi connectivity index (χ2v) is 7.59. The van der Waals surface area contributed by atoms with Crippen molar-refractivity contribution < 1.29 is 24.2 Å². The number of carboxylic acid groups (broad SMARTS) is 1. The van der Waals surface area contributed by atoms with Gasteiger partial charge in [0.1, 0.15) is 6.04 Å². The molecule has 1 heterocycles. The van der Waals surface area contributed by atoms with Gasteiger partial charge in [0.25, 0.3) is 0 Å². The highest BCUT2D eigenvalue weighted by molar-refractivity contribution is 5.97. The van der Waals surface area contributed by atoms with Crippen molar-refractivity contribution >= 4 is 35.9 Å². The van der Waals surface area contributed by atoms with Gasteiger partial charge in [0.05, 0.1) is 24.6 Å². The number of anilines is 1. The van der Waals surface area contributed by atoms with Crippen molar-refractivity contribution in [2.75, 3.05) is 11.6 Å². The third-order valence-corrected chi connectivity index (χ3v) is 5.41. The van der Waals surface area contributed by atoms with E-state index in [1.54, 1.807) is 6.92 Å². The first-order valence-electron chi connectivity index (χ1n) is 10.6. The highest BCUT2D eigenvalue weighted by Gasteiger charge is 2.34. The van der Waals surface area contributed by atoms with Crippen LogP contribution in [0.5, 0.6) is 0 Å². The summed E-state index contributed by atoms with van der Waals surface area (Å²) in [6.07, 6.45) is 1.83. The SMILES string of the molecule is CCOC(=O)[C@H](CCc1ccccc1)NN1C(=O)C(CC(=O)O)CCc2ccccc21.Cl. The number of hydrogen-bond donors (Lipinski definition) is 2. The molecule has 0 saturated heterocycles. The van der Waals surface area contributed by atoms with Crippen LogP contribution in [0.2, 0.25) is 0 Å². The summed E-state index contributed by atoms with van der Waals surface area (Å²) in [6.45, 7) is 1.97. The molecule has 2 atom stereocenters. The standard InChI is InChI=1S/C24H28N2O5.ClH/c1-2-31-24(30)20(15-12-17-8-4-3-5-9-17)25-26-21-11-7-6-10-18(21)13-14-19(23(26)29)16-22(27)28;/h3-11,19-20,25H,2,12-16H2,1H3,(H,27,28);1H/t19?,20-;/m0./s1. The van der Waals surface area contributed by atoms with Crippen LogP contribution in [0.25, 0.3) is 0 Å². The molecule has 1 unspecified atom stereocenters. The Labute approximate surface area is 194 Å². The Morgan fingerprint density at radius 1 is 1.16 bits per heavy atom. The summed E-state index contributed by atoms with van der Waals surface area (Å²) in [7, 11) is 0. The fraction of sp³-hybridized carbons (Fsp3) is 0.375. The Morgan fingerprint density at radius 2 is 1.84 bits per heavy atom. The first kappa shape index (κ1) is 25.4. The Morgan fingerprint density at radius 3 is 2.53 bits per heavy atom. The van der Waals surface area contributed by atoms with E-state index >= 15 is 0 Å². The number of rotatable bonds is 9. The van der Waals surface area contributed by atoms with Crippen LogP contribution < -0.4 is 10.4 Å². The first-order chi connectivity index (χ1) is 15.0. The minimum Gasteiger partial charge on any atom is -0.481 e. The minimum absolute atomic E-state index is 0. The molecule has 0 saturated carbocycles. The quantitative estimate of drug-likeness (QED) is 0.555. The van der Waals surface area contributed by atoms with E-state index in [-0.39, 0.29) is 31.3 Å². The highest BCUT2D eigenvalue weighted by atomic mass is 35.5. The topological polar surface area (TPSA) is 95.9 Å². The zero-order chi connectivity index (χ0) is 22.2. The summed E-state index contributed by atoms with van der Waals surface area (Å²) in [4.78, 5) is 37.3. The van der Waals surface area contributed by atoms with Gasteiger partial charge < -0.3 is 9.84 Å². The van der Waals surface area contributed by atoms with Gasteiger partial charge in [-0.2, -0.15) is 0 Å². The predicted octanol–water partition coefficient (Wildman–Crippen LogP) is 3.55. The summed E-state index contributed by atoms with van der Waals surface area (Å²) in [5, 5.41) is 10.6. The van der Waals surface area contributed by atoms with Gasteiger partial charge in [-0.05, 0) is 49.8 Å². The number of amides is 1. The van der Waals surface area contributed by atoms with Crippen LogP contribution in [-0.2, 0) is 32.0 Å². The van der Waals surface area contributed by atoms with Gasteiger partial charge in [-0.3, -0.25) is 14.4 Å². The molecule has 2 aromatic rings. The van der Waals surface area contributed by atoms with Gasteiger partial charge in [-0.15, -0.1) is 12.4 Å². The fourth-order valence-electron chi connectivity index (χ4n) is 3.82. The molecule has 1 amide bonds. The number of aliphatic carboxylic acids is 1. The third kappa shape index (κ3) is 6.55. The number of nitrogens with zero attached hydrogens (tertiary/aromatic N) is 1. The molecule has 0 aromatic heterocycles. The maximum absolute atomic E-state index is 13.3. The minimum atomic E-state index is -1.02. The molecule has 8 heteroatoms. The molecule has 32 heavy (non-hydrogen) atoms. The van der Waals surface area contributed by atoms with E-state index in [1.807, 2.05) is 54.6 Å². The van der Waals surface area contributed by atoms with Crippen LogP contribution in [0.1, 0.15) is 37.3 Å². The number of nitrogens with one attached hydrogen (secondary N) is 1. The van der Waals surface area contributed by atoms with Crippen LogP contribution >= 0.6 is 12.4 Å². The second-order valence-electron chi connectivity index (χ2n) is 7.59. The molecule has 1 aliphatic rings. The lowest BCUT2D eigenvalue weighted by molar-refractivity contribution is -0.146. The molecule has 0 bridgehead atoms. The van der Waals surface area contributed by atoms with Gasteiger partial charge >= 0.3 is 11.9 Å². The van der Waals surface area contributed by atoms with Crippen LogP contribution in [-0.4, -0.2) is 35.6 Å². The molecule has 1 aliphatic heterocycles. The molecule has 0 radical (unpaired) electrons. The van der Waals surface area contributed by atoms with Crippen molar-refractivity contribution in [1.82, 2.24) is 5.43 Å². The number of benzene rings is 2. The normalized spacial score (nSPS) is 16.3. The number of hydrogen-bond acceptors (Lipinski definition) is 5. The Hall–Kier alpha value is -2.90. The van der Waals surface area contributed by atoms with Crippen LogP contribution in [0.15, 0.2) is 54.6 Å². The van der Waals surface area contributed by atoms with Crippen molar-refractivity contribution in [2.24, 2.45) is 5.92 Å². The molecule has 7 nitrogen and oxygen atoms in total. The van der Waals surface area contributed by atoms with Gasteiger partial charge in [0.2, 0.25) is 5.91 Å². The predicted molar refractivity (Wildman–Crippen MR) is 124 cm³/mol. The molecular weight excluding hydrogens is 432 g/mol. The highest BCUT2D eigenvalue weighted by Crippen LogP contribution is 2.30. The first-order valence-corrected chi connectivity index (χ1v) is 10.6. The van der Waals surface area contributed by atoms with Gasteiger partial charge in [-0.25, -0.2) is 10.4 Å². The monoisotopic (exact) mass is 460 g/mol. The Balaban J connectivity index is 0.00000363. The van der Waals surface area contributed by atoms with Crippen molar-refractivity contribution in [2.45, 2.75) is 45.1 Å². The van der Waals surface area contributed by atoms with Gasteiger partial charge in [-0.1, -0.05) is 48.5 Å². The number of carboxylic acids is 1. The van der Waals surface area contributed by atoms with E-state index in [1.165, 1.54) is 5.01 Å². The number of carbonyl (C=O) groups is 3. The molecule has 172 valence electrons. The summed E-state index contributed by atoms with van der Waals surface area (Å²) >= 11 is 0. The molecule has 0 aliphatic carbocycles. The average molecular weight is 461 g/mol. The number of hydrazine groups is 1. The molecule has 0 fully saturated rings. The second kappa shape index (κ2) is 12.2. The number of halogens is 1. The Kier molecular flexibility index (Phi) is 9.68. The number of ether oxygens (including phenoxy) is 1. The molecule has 0 spiro atoms. The molecule has 2 aromatic carbocycles. The van der Waals surface area contributed by atoms with E-state index < -0.39 is 23.9 Å². The Bertz CT molecular complexity index is 922. The van der Waals surface area contributed by atoms with E-state index in [9.17, 15) is 19.5 Å². The lowest BCUT2D eigenvalue weighted by Crippen LogP contribution is -2.53. The van der Waals surface area contributed by atoms with Crippen molar-refractivity contribution in [1.29, 1.82) is 0 Å². The maximum Gasteiger partial charge on any atom is 0.324 e. The summed E-state index contributed by atoms with van der Waals surface area (Å²) < 4.78 is 5.25. The van der Waals surface area contributed by atoms with E-state index in [0.717, 1.165) is 11.1 Å². The summed E-state index contributed by atoms with van der Waals surface area (Å²) in [5.41, 5.74) is 5.73. The lowest BCUT2D eigenvalue weighted by Gasteiger charge is -2.30. The van der Waals surface area contributed by atoms with E-state index in [2.05, 4.69) is 5.43 Å². The van der Waals surface area contributed by atoms with E-state index in [0.29, 0.717) is 31.4 Å². The molecular formula is C24H29ClN2O5. The number of aryl methyl sites for hydroxylation is 2. The third-order valence-electron chi connectivity index (χ3n) is 5.41. The van der Waals surface area contributed by atoms with E-state index in [4.69, 9.17) is 4.74 Å². The fourth-order valence-corrected chi connectivity index (χ4v) is 3.82. The number of esters is 1.